The predicted octanol–water partition coefficient (Wildman–Crippen LogP) is 10.8. The van der Waals surface area contributed by atoms with E-state index in [1.54, 1.807) is 0 Å². The second kappa shape index (κ2) is 9.97. The van der Waals surface area contributed by atoms with E-state index in [-0.39, 0.29) is 0 Å². The Morgan fingerprint density at radius 2 is 1.19 bits per heavy atom. The van der Waals surface area contributed by atoms with Gasteiger partial charge in [-0.05, 0) is 71.6 Å². The minimum atomic E-state index is 1.18. The maximum Gasteiger partial charge on any atom is 0.0481 e. The number of unbranched alkanes of at least 4 members (excludes halogenated alkanes) is 3. The molecular formula is C26H24S5. The Kier molecular flexibility index (Phi) is 6.87. The van der Waals surface area contributed by atoms with Crippen LogP contribution in [-0.2, 0) is 6.42 Å². The fourth-order valence-electron chi connectivity index (χ4n) is 3.72. The molecule has 0 amide bonds. The lowest BCUT2D eigenvalue weighted by Gasteiger charge is -2.02. The Labute approximate surface area is 204 Å². The summed E-state index contributed by atoms with van der Waals surface area (Å²) in [6, 6.07) is 20.4. The Balaban J connectivity index is 1.47. The summed E-state index contributed by atoms with van der Waals surface area (Å²) in [7, 11) is 0. The molecule has 0 radical (unpaired) electrons. The summed E-state index contributed by atoms with van der Waals surface area (Å²) >= 11 is 9.49. The highest BCUT2D eigenvalue weighted by molar-refractivity contribution is 7.29. The van der Waals surface area contributed by atoms with E-state index in [1.165, 1.54) is 76.7 Å². The van der Waals surface area contributed by atoms with Gasteiger partial charge in [0, 0.05) is 39.0 Å². The van der Waals surface area contributed by atoms with Crippen LogP contribution in [0.4, 0.5) is 0 Å². The zero-order valence-corrected chi connectivity index (χ0v) is 21.5. The van der Waals surface area contributed by atoms with Gasteiger partial charge in [0.25, 0.3) is 0 Å². The zero-order chi connectivity index (χ0) is 21.0. The van der Waals surface area contributed by atoms with Gasteiger partial charge in [-0.2, -0.15) is 0 Å². The summed E-state index contributed by atoms with van der Waals surface area (Å²) in [5.74, 6) is 0. The molecule has 0 aliphatic carbocycles. The van der Waals surface area contributed by atoms with Crippen molar-refractivity contribution in [2.75, 3.05) is 0 Å². The maximum absolute atomic E-state index is 2.47. The van der Waals surface area contributed by atoms with Crippen molar-refractivity contribution in [3.63, 3.8) is 0 Å². The quantitative estimate of drug-likeness (QED) is 0.178. The first kappa shape index (κ1) is 21.4. The summed E-state index contributed by atoms with van der Waals surface area (Å²) in [6.45, 7) is 2.29. The molecule has 5 heterocycles. The number of hydrogen-bond acceptors (Lipinski definition) is 5. The fourth-order valence-corrected chi connectivity index (χ4v) is 8.84. The van der Waals surface area contributed by atoms with Gasteiger partial charge in [0.05, 0.1) is 0 Å². The molecule has 0 N–H and O–H groups in total. The third kappa shape index (κ3) is 4.81. The van der Waals surface area contributed by atoms with E-state index in [2.05, 4.69) is 72.3 Å². The SMILES string of the molecule is CCCCCCc1cc(-c2ccc(-c3cccs3)s2)sc1-c1ccc(-c2cccs2)s1. The summed E-state index contributed by atoms with van der Waals surface area (Å²) in [4.78, 5) is 11.2. The van der Waals surface area contributed by atoms with Crippen molar-refractivity contribution < 1.29 is 0 Å². The van der Waals surface area contributed by atoms with E-state index in [9.17, 15) is 0 Å². The highest BCUT2D eigenvalue weighted by Crippen LogP contribution is 2.46. The minimum absolute atomic E-state index is 1.18. The molecule has 0 saturated carbocycles. The van der Waals surface area contributed by atoms with E-state index in [0.29, 0.717) is 0 Å². The van der Waals surface area contributed by atoms with Gasteiger partial charge in [-0.15, -0.1) is 56.7 Å². The lowest BCUT2D eigenvalue weighted by molar-refractivity contribution is 0.668. The standard InChI is InChI=1S/C26H24S5/c1-2-3-4-5-8-18-17-25(23-12-11-21(29-23)19-9-6-15-27-19)31-26(18)24-14-13-22(30-24)20-10-7-16-28-20/h6-7,9-17H,2-5,8H2,1H3. The predicted molar refractivity (Wildman–Crippen MR) is 145 cm³/mol. The van der Waals surface area contributed by atoms with Crippen molar-refractivity contribution in [2.24, 2.45) is 0 Å². The van der Waals surface area contributed by atoms with Gasteiger partial charge < -0.3 is 0 Å². The Bertz CT molecular complexity index is 1210. The van der Waals surface area contributed by atoms with Gasteiger partial charge in [-0.1, -0.05) is 38.3 Å². The number of hydrogen-bond donors (Lipinski definition) is 0. The number of aryl methyl sites for hydroxylation is 1. The molecule has 0 spiro atoms. The van der Waals surface area contributed by atoms with Crippen LogP contribution >= 0.6 is 56.7 Å². The van der Waals surface area contributed by atoms with Crippen LogP contribution in [0.5, 0.6) is 0 Å². The first-order valence-electron chi connectivity index (χ1n) is 10.7. The number of thiophene rings is 5. The molecule has 5 aromatic heterocycles. The minimum Gasteiger partial charge on any atom is -0.143 e. The van der Waals surface area contributed by atoms with Crippen LogP contribution in [-0.4, -0.2) is 0 Å². The van der Waals surface area contributed by atoms with E-state index in [4.69, 9.17) is 0 Å². The molecule has 5 aromatic rings. The van der Waals surface area contributed by atoms with Crippen molar-refractivity contribution in [3.8, 4) is 39.0 Å². The second-order valence-corrected chi connectivity index (χ2v) is 12.7. The molecule has 0 aliphatic rings. The van der Waals surface area contributed by atoms with Gasteiger partial charge in [-0.25, -0.2) is 0 Å². The second-order valence-electron chi connectivity index (χ2n) is 7.56. The molecule has 0 atom stereocenters. The first-order chi connectivity index (χ1) is 15.3. The molecule has 0 saturated heterocycles. The van der Waals surface area contributed by atoms with Gasteiger partial charge in [0.2, 0.25) is 0 Å². The van der Waals surface area contributed by atoms with E-state index >= 15 is 0 Å². The summed E-state index contributed by atoms with van der Waals surface area (Å²) in [6.07, 6.45) is 6.42. The maximum atomic E-state index is 2.47. The van der Waals surface area contributed by atoms with Crippen molar-refractivity contribution >= 4 is 56.7 Å². The van der Waals surface area contributed by atoms with Gasteiger partial charge in [-0.3, -0.25) is 0 Å². The Morgan fingerprint density at radius 3 is 1.81 bits per heavy atom. The Hall–Kier alpha value is -1.50. The highest BCUT2D eigenvalue weighted by Gasteiger charge is 2.16. The van der Waals surface area contributed by atoms with Gasteiger partial charge >= 0.3 is 0 Å². The van der Waals surface area contributed by atoms with Crippen LogP contribution in [0.3, 0.4) is 0 Å². The largest absolute Gasteiger partial charge is 0.143 e. The lowest BCUT2D eigenvalue weighted by Crippen LogP contribution is -1.85. The average Bonchev–Trinajstić information content (AvgIpc) is 3.61. The molecule has 31 heavy (non-hydrogen) atoms. The normalized spacial score (nSPS) is 11.4. The summed E-state index contributed by atoms with van der Waals surface area (Å²) in [5, 5.41) is 4.33. The van der Waals surface area contributed by atoms with E-state index in [0.717, 1.165) is 0 Å². The van der Waals surface area contributed by atoms with E-state index < -0.39 is 0 Å². The van der Waals surface area contributed by atoms with Crippen molar-refractivity contribution in [1.82, 2.24) is 0 Å². The third-order valence-corrected chi connectivity index (χ3v) is 11.2. The molecular weight excluding hydrogens is 473 g/mol. The lowest BCUT2D eigenvalue weighted by atomic mass is 10.1. The average molecular weight is 497 g/mol. The molecule has 5 heteroatoms. The van der Waals surface area contributed by atoms with Crippen LogP contribution < -0.4 is 0 Å². The summed E-state index contributed by atoms with van der Waals surface area (Å²) < 4.78 is 0. The molecule has 0 fully saturated rings. The molecule has 0 aliphatic heterocycles. The first-order valence-corrected chi connectivity index (χ1v) is 14.9. The summed E-state index contributed by atoms with van der Waals surface area (Å²) in [5.41, 5.74) is 1.53. The van der Waals surface area contributed by atoms with Crippen LogP contribution in [0, 0.1) is 0 Å². The number of rotatable bonds is 9. The van der Waals surface area contributed by atoms with Crippen LogP contribution in [0.15, 0.2) is 65.4 Å². The third-order valence-electron chi connectivity index (χ3n) is 5.32. The van der Waals surface area contributed by atoms with Crippen molar-refractivity contribution in [2.45, 2.75) is 39.0 Å². The van der Waals surface area contributed by atoms with Gasteiger partial charge in [0.1, 0.15) is 0 Å². The highest BCUT2D eigenvalue weighted by atomic mass is 32.1. The van der Waals surface area contributed by atoms with E-state index in [1.807, 2.05) is 56.7 Å². The van der Waals surface area contributed by atoms with Crippen molar-refractivity contribution in [1.29, 1.82) is 0 Å². The molecule has 158 valence electrons. The smallest absolute Gasteiger partial charge is 0.0481 e. The van der Waals surface area contributed by atoms with Crippen molar-refractivity contribution in [3.05, 3.63) is 70.9 Å². The molecule has 0 unspecified atom stereocenters. The molecule has 5 rings (SSSR count). The molecule has 0 nitrogen and oxygen atoms in total. The van der Waals surface area contributed by atoms with Gasteiger partial charge in [0.15, 0.2) is 0 Å². The Morgan fingerprint density at radius 1 is 0.581 bits per heavy atom. The monoisotopic (exact) mass is 496 g/mol. The van der Waals surface area contributed by atoms with Crippen LogP contribution in [0.25, 0.3) is 39.0 Å². The molecule has 0 aromatic carbocycles. The van der Waals surface area contributed by atoms with Crippen LogP contribution in [0.1, 0.15) is 38.2 Å². The zero-order valence-electron chi connectivity index (χ0n) is 17.4. The fraction of sp³-hybridized carbons (Fsp3) is 0.231. The van der Waals surface area contributed by atoms with Crippen LogP contribution in [0.2, 0.25) is 0 Å². The molecule has 0 bridgehead atoms. The topological polar surface area (TPSA) is 0 Å².